The smallest absolute Gasteiger partial charge is 0.275 e. The number of quaternary nitrogens is 1. The number of aliphatic hydroxyl groups is 10. The van der Waals surface area contributed by atoms with Crippen molar-refractivity contribution >= 4 is 11.8 Å². The molecule has 0 aliphatic carbocycles. The molecule has 0 saturated heterocycles. The van der Waals surface area contributed by atoms with Crippen LogP contribution in [0, 0.1) is 0 Å². The summed E-state index contributed by atoms with van der Waals surface area (Å²) >= 11 is 0. The maximum atomic E-state index is 12.8. The third-order valence-electron chi connectivity index (χ3n) is 8.77. The minimum atomic E-state index is -1.84. The van der Waals surface area contributed by atoms with Crippen LogP contribution in [0.1, 0.15) is 96.8 Å². The molecule has 12 N–H and O–H groups in total. The van der Waals surface area contributed by atoms with Crippen molar-refractivity contribution in [3.63, 3.8) is 0 Å². The zero-order valence-corrected chi connectivity index (χ0v) is 29.2. The highest BCUT2D eigenvalue weighted by atomic mass is 16.4. The molecule has 8 atom stereocenters. The maximum absolute atomic E-state index is 12.8. The van der Waals surface area contributed by atoms with E-state index < -0.39 is 86.9 Å². The number of amides is 2. The summed E-state index contributed by atoms with van der Waals surface area (Å²) in [6.07, 6.45) is 2.40. The minimum Gasteiger partial charge on any atom is -0.394 e. The number of aliphatic hydroxyl groups excluding tert-OH is 10. The van der Waals surface area contributed by atoms with Crippen molar-refractivity contribution in [2.24, 2.45) is 0 Å². The molecule has 0 aromatic rings. The van der Waals surface area contributed by atoms with Gasteiger partial charge in [0.1, 0.15) is 36.6 Å². The average molecular weight is 699 g/mol. The average Bonchev–Trinajstić information content (AvgIpc) is 3.07. The molecule has 286 valence electrons. The molecule has 2 amide bonds. The molecular weight excluding hydrogens is 630 g/mol. The van der Waals surface area contributed by atoms with E-state index in [-0.39, 0.29) is 17.6 Å². The van der Waals surface area contributed by atoms with E-state index in [0.717, 1.165) is 25.7 Å². The highest BCUT2D eigenvalue weighted by molar-refractivity contribution is 5.79. The Balaban J connectivity index is 4.94. The third-order valence-corrected chi connectivity index (χ3v) is 8.77. The summed E-state index contributed by atoms with van der Waals surface area (Å²) in [5.74, 6) is -1.12. The van der Waals surface area contributed by atoms with Crippen molar-refractivity contribution < 1.29 is 65.1 Å². The fraction of sp³-hybridized carbons (Fsp3) is 0.939. The Kier molecular flexibility index (Phi) is 26.4. The van der Waals surface area contributed by atoms with Crippen LogP contribution in [0.15, 0.2) is 0 Å². The van der Waals surface area contributed by atoms with E-state index in [0.29, 0.717) is 13.0 Å². The van der Waals surface area contributed by atoms with Gasteiger partial charge in [0.25, 0.3) is 11.8 Å². The van der Waals surface area contributed by atoms with E-state index in [4.69, 9.17) is 10.2 Å². The van der Waals surface area contributed by atoms with Crippen molar-refractivity contribution in [3.8, 4) is 0 Å². The van der Waals surface area contributed by atoms with Crippen LogP contribution in [0.2, 0.25) is 0 Å². The Labute approximate surface area is 286 Å². The Morgan fingerprint density at radius 2 is 0.792 bits per heavy atom. The molecule has 0 aliphatic heterocycles. The first-order valence-corrected chi connectivity index (χ1v) is 17.8. The van der Waals surface area contributed by atoms with Gasteiger partial charge in [-0.05, 0) is 12.8 Å². The number of unbranched alkanes of at least 4 members (excludes halogenated alkanes) is 13. The SMILES string of the molecule is CCCCCCCCCCCCCCCC[N+](C)(CC(=O)NCC(O)C(O)C(O)C(O)CO)CC(=O)NCC(O)C(O)C(O)C(O)CO. The van der Waals surface area contributed by atoms with E-state index in [1.165, 1.54) is 57.8 Å². The third kappa shape index (κ3) is 20.9. The lowest BCUT2D eigenvalue weighted by Gasteiger charge is -2.34. The molecular formula is C33H68N3O12+. The summed E-state index contributed by atoms with van der Waals surface area (Å²) < 4.78 is -0.0507. The number of hydrogen-bond acceptors (Lipinski definition) is 12. The van der Waals surface area contributed by atoms with Crippen LogP contribution in [0.4, 0.5) is 0 Å². The summed E-state index contributed by atoms with van der Waals surface area (Å²) in [6.45, 7) is -0.327. The predicted molar refractivity (Wildman–Crippen MR) is 179 cm³/mol. The largest absolute Gasteiger partial charge is 0.394 e. The number of rotatable bonds is 31. The molecule has 15 nitrogen and oxygen atoms in total. The highest BCUT2D eigenvalue weighted by Gasteiger charge is 2.33. The van der Waals surface area contributed by atoms with Crippen LogP contribution < -0.4 is 10.6 Å². The lowest BCUT2D eigenvalue weighted by molar-refractivity contribution is -0.894. The van der Waals surface area contributed by atoms with Gasteiger partial charge < -0.3 is 66.2 Å². The lowest BCUT2D eigenvalue weighted by atomic mass is 10.0. The van der Waals surface area contributed by atoms with Gasteiger partial charge in [0.15, 0.2) is 13.1 Å². The van der Waals surface area contributed by atoms with Crippen LogP contribution in [0.5, 0.6) is 0 Å². The topological polar surface area (TPSA) is 260 Å². The van der Waals surface area contributed by atoms with Gasteiger partial charge in [-0.1, -0.05) is 84.0 Å². The van der Waals surface area contributed by atoms with Crippen LogP contribution in [-0.2, 0) is 9.59 Å². The van der Waals surface area contributed by atoms with Crippen LogP contribution >= 0.6 is 0 Å². The molecule has 0 heterocycles. The molecule has 0 saturated carbocycles. The van der Waals surface area contributed by atoms with Crippen molar-refractivity contribution in [3.05, 3.63) is 0 Å². The second-order valence-electron chi connectivity index (χ2n) is 13.5. The molecule has 0 fully saturated rings. The van der Waals surface area contributed by atoms with Gasteiger partial charge in [-0.25, -0.2) is 0 Å². The first kappa shape index (κ1) is 46.5. The second-order valence-corrected chi connectivity index (χ2v) is 13.5. The van der Waals surface area contributed by atoms with E-state index in [2.05, 4.69) is 17.6 Å². The Morgan fingerprint density at radius 1 is 0.500 bits per heavy atom. The van der Waals surface area contributed by atoms with Crippen LogP contribution in [0.3, 0.4) is 0 Å². The fourth-order valence-electron chi connectivity index (χ4n) is 5.51. The number of nitrogens with zero attached hydrogens (tertiary/aromatic N) is 1. The molecule has 0 spiro atoms. The van der Waals surface area contributed by atoms with Crippen molar-refractivity contribution in [1.29, 1.82) is 0 Å². The molecule has 0 aromatic carbocycles. The van der Waals surface area contributed by atoms with E-state index in [9.17, 15) is 50.4 Å². The van der Waals surface area contributed by atoms with Gasteiger partial charge in [-0.2, -0.15) is 0 Å². The Hall–Kier alpha value is -1.50. The van der Waals surface area contributed by atoms with E-state index >= 15 is 0 Å². The standard InChI is InChI=1S/C33H67N3O12/c1-3-4-5-6-7-8-9-10-11-12-13-14-15-16-17-36(2,20-28(43)34-18-24(39)30(45)32(47)26(41)22-37)21-29(44)35-19-25(40)31(46)33(48)27(42)23-38/h24-27,30-33,37-42,45-48H,3-23H2,1-2H3,(H-,34,35,43,44)/p+1. The quantitative estimate of drug-likeness (QED) is 0.0278. The van der Waals surface area contributed by atoms with Gasteiger partial charge in [0.2, 0.25) is 0 Å². The number of nitrogens with one attached hydrogen (secondary N) is 2. The number of hydrogen-bond donors (Lipinski definition) is 12. The summed E-state index contributed by atoms with van der Waals surface area (Å²) in [4.78, 5) is 25.7. The van der Waals surface area contributed by atoms with Crippen molar-refractivity contribution in [2.75, 3.05) is 53.0 Å². The van der Waals surface area contributed by atoms with Gasteiger partial charge in [-0.15, -0.1) is 0 Å². The Bertz CT molecular complexity index is 781. The molecule has 0 bridgehead atoms. The monoisotopic (exact) mass is 698 g/mol. The zero-order valence-electron chi connectivity index (χ0n) is 29.2. The lowest BCUT2D eigenvalue weighted by Crippen LogP contribution is -2.57. The van der Waals surface area contributed by atoms with Gasteiger partial charge in [0, 0.05) is 13.1 Å². The van der Waals surface area contributed by atoms with E-state index in [1.54, 1.807) is 7.05 Å². The second kappa shape index (κ2) is 27.3. The summed E-state index contributed by atoms with van der Waals surface area (Å²) in [5.41, 5.74) is 0. The van der Waals surface area contributed by atoms with Crippen LogP contribution in [0.25, 0.3) is 0 Å². The van der Waals surface area contributed by atoms with Crippen molar-refractivity contribution in [2.45, 2.75) is 146 Å². The number of likely N-dealkylation sites (N-methyl/N-ethyl adjacent to an activating group) is 1. The minimum absolute atomic E-state index is 0.0507. The predicted octanol–water partition coefficient (Wildman–Crippen LogP) is -1.98. The molecule has 15 heteroatoms. The molecule has 8 unspecified atom stereocenters. The molecule has 0 aliphatic rings. The van der Waals surface area contributed by atoms with Gasteiger partial charge in [-0.3, -0.25) is 9.59 Å². The van der Waals surface area contributed by atoms with Crippen LogP contribution in [-0.4, -0.2) is 169 Å². The zero-order chi connectivity index (χ0) is 36.5. The molecule has 0 rings (SSSR count). The van der Waals surface area contributed by atoms with Gasteiger partial charge in [0.05, 0.1) is 39.0 Å². The number of carbonyl (C=O) groups is 2. The summed E-state index contributed by atoms with van der Waals surface area (Å²) in [6, 6.07) is 0. The van der Waals surface area contributed by atoms with Crippen molar-refractivity contribution in [1.82, 2.24) is 10.6 Å². The Morgan fingerprint density at radius 3 is 1.10 bits per heavy atom. The first-order valence-electron chi connectivity index (χ1n) is 17.8. The highest BCUT2D eigenvalue weighted by Crippen LogP contribution is 2.14. The fourth-order valence-corrected chi connectivity index (χ4v) is 5.51. The van der Waals surface area contributed by atoms with E-state index in [1.807, 2.05) is 0 Å². The normalized spacial score (nSPS) is 18.2. The maximum Gasteiger partial charge on any atom is 0.275 e. The summed E-state index contributed by atoms with van der Waals surface area (Å²) in [5, 5.41) is 102. The first-order chi connectivity index (χ1) is 22.7. The molecule has 48 heavy (non-hydrogen) atoms. The molecule has 0 radical (unpaired) electrons. The van der Waals surface area contributed by atoms with Gasteiger partial charge >= 0.3 is 0 Å². The molecule has 0 aromatic heterocycles. The summed E-state index contributed by atoms with van der Waals surface area (Å²) in [7, 11) is 1.70. The number of carbonyl (C=O) groups excluding carboxylic acids is 2.